The van der Waals surface area contributed by atoms with E-state index in [0.717, 1.165) is 24.8 Å². The number of hydrogen-bond donors (Lipinski definition) is 1. The molecular weight excluding hydrogens is 188 g/mol. The van der Waals surface area contributed by atoms with Gasteiger partial charge < -0.3 is 10.6 Å². The number of aromatic nitrogens is 2. The fraction of sp³-hybridized carbons (Fsp3) is 0.636. The van der Waals surface area contributed by atoms with Crippen LogP contribution in [0.4, 0.5) is 11.6 Å². The molecule has 2 heterocycles. The molecule has 1 aromatic heterocycles. The highest BCUT2D eigenvalue weighted by molar-refractivity contribution is 5.41. The molecule has 1 saturated heterocycles. The van der Waals surface area contributed by atoms with Gasteiger partial charge >= 0.3 is 0 Å². The van der Waals surface area contributed by atoms with E-state index in [1.807, 2.05) is 0 Å². The van der Waals surface area contributed by atoms with Crippen LogP contribution in [-0.4, -0.2) is 23.1 Å². The molecule has 0 amide bonds. The molecular formula is C11H18N4. The van der Waals surface area contributed by atoms with E-state index in [1.165, 1.54) is 19.3 Å². The van der Waals surface area contributed by atoms with Crippen molar-refractivity contribution in [3.63, 3.8) is 0 Å². The average Bonchev–Trinajstić information content (AvgIpc) is 2.29. The predicted octanol–water partition coefficient (Wildman–Crippen LogP) is 1.69. The molecule has 2 N–H and O–H groups in total. The van der Waals surface area contributed by atoms with E-state index in [-0.39, 0.29) is 0 Å². The van der Waals surface area contributed by atoms with E-state index in [1.54, 1.807) is 12.4 Å². The maximum atomic E-state index is 5.63. The molecule has 4 nitrogen and oxygen atoms in total. The summed E-state index contributed by atoms with van der Waals surface area (Å²) in [6.07, 6.45) is 7.21. The molecule has 0 saturated carbocycles. The third-order valence-corrected chi connectivity index (χ3v) is 3.06. The maximum absolute atomic E-state index is 5.63. The topological polar surface area (TPSA) is 55.0 Å². The second-order valence-electron chi connectivity index (χ2n) is 4.16. The number of anilines is 2. The molecule has 2 rings (SSSR count). The van der Waals surface area contributed by atoms with Gasteiger partial charge in [0, 0.05) is 13.1 Å². The molecule has 0 spiro atoms. The van der Waals surface area contributed by atoms with Crippen LogP contribution < -0.4 is 10.6 Å². The fourth-order valence-corrected chi connectivity index (χ4v) is 2.13. The van der Waals surface area contributed by atoms with Gasteiger partial charge in [-0.2, -0.15) is 0 Å². The standard InChI is InChI=1S/C11H18N4/c1-2-9-4-3-5-15(8-9)11-7-13-6-10(12)14-11/h6-7,9H,2-5,8H2,1H3,(H2,12,14). The summed E-state index contributed by atoms with van der Waals surface area (Å²) >= 11 is 0. The number of piperidine rings is 1. The van der Waals surface area contributed by atoms with Crippen molar-refractivity contribution in [1.29, 1.82) is 0 Å². The largest absolute Gasteiger partial charge is 0.382 e. The number of rotatable bonds is 2. The Kier molecular flexibility index (Phi) is 3.04. The molecule has 1 unspecified atom stereocenters. The lowest BCUT2D eigenvalue weighted by atomic mass is 9.96. The molecule has 1 aromatic rings. The van der Waals surface area contributed by atoms with Crippen LogP contribution in [0.25, 0.3) is 0 Å². The molecule has 0 bridgehead atoms. The van der Waals surface area contributed by atoms with Gasteiger partial charge in [0.15, 0.2) is 0 Å². The Morgan fingerprint density at radius 2 is 2.40 bits per heavy atom. The van der Waals surface area contributed by atoms with Crippen LogP contribution >= 0.6 is 0 Å². The summed E-state index contributed by atoms with van der Waals surface area (Å²) in [5.74, 6) is 2.22. The second-order valence-corrected chi connectivity index (χ2v) is 4.16. The number of nitrogen functional groups attached to an aromatic ring is 1. The van der Waals surface area contributed by atoms with Crippen LogP contribution in [0.15, 0.2) is 12.4 Å². The Hall–Kier alpha value is -1.32. The Balaban J connectivity index is 2.09. The number of nitrogens with two attached hydrogens (primary N) is 1. The Bertz CT molecular complexity index is 326. The molecule has 15 heavy (non-hydrogen) atoms. The lowest BCUT2D eigenvalue weighted by molar-refractivity contribution is 0.403. The van der Waals surface area contributed by atoms with Crippen molar-refractivity contribution in [2.75, 3.05) is 23.7 Å². The molecule has 0 aromatic carbocycles. The van der Waals surface area contributed by atoms with Crippen LogP contribution in [0.2, 0.25) is 0 Å². The Morgan fingerprint density at radius 1 is 1.53 bits per heavy atom. The zero-order valence-corrected chi connectivity index (χ0v) is 9.19. The minimum atomic E-state index is 0.506. The first-order valence-electron chi connectivity index (χ1n) is 5.62. The summed E-state index contributed by atoms with van der Waals surface area (Å²) in [7, 11) is 0. The Labute approximate surface area is 90.5 Å². The molecule has 0 aliphatic carbocycles. The first-order valence-corrected chi connectivity index (χ1v) is 5.62. The van der Waals surface area contributed by atoms with Crippen molar-refractivity contribution in [3.05, 3.63) is 12.4 Å². The second kappa shape index (κ2) is 4.47. The highest BCUT2D eigenvalue weighted by atomic mass is 15.2. The molecule has 4 heteroatoms. The van der Waals surface area contributed by atoms with Gasteiger partial charge in [0.05, 0.1) is 12.4 Å². The van der Waals surface area contributed by atoms with Crippen molar-refractivity contribution in [1.82, 2.24) is 9.97 Å². The molecule has 1 aliphatic rings. The molecule has 1 aliphatic heterocycles. The van der Waals surface area contributed by atoms with Crippen LogP contribution in [-0.2, 0) is 0 Å². The van der Waals surface area contributed by atoms with E-state index in [4.69, 9.17) is 5.73 Å². The van der Waals surface area contributed by atoms with Gasteiger partial charge in [0.1, 0.15) is 11.6 Å². The van der Waals surface area contributed by atoms with E-state index < -0.39 is 0 Å². The predicted molar refractivity (Wildman–Crippen MR) is 61.7 cm³/mol. The highest BCUT2D eigenvalue weighted by Crippen LogP contribution is 2.23. The fourth-order valence-electron chi connectivity index (χ4n) is 2.13. The Morgan fingerprint density at radius 3 is 3.13 bits per heavy atom. The molecule has 82 valence electrons. The SMILES string of the molecule is CCC1CCCN(c2cncc(N)n2)C1. The van der Waals surface area contributed by atoms with Crippen molar-refractivity contribution in [2.45, 2.75) is 26.2 Å². The highest BCUT2D eigenvalue weighted by Gasteiger charge is 2.19. The minimum Gasteiger partial charge on any atom is -0.382 e. The minimum absolute atomic E-state index is 0.506. The monoisotopic (exact) mass is 206 g/mol. The summed E-state index contributed by atoms with van der Waals surface area (Å²) in [5.41, 5.74) is 5.63. The zero-order chi connectivity index (χ0) is 10.7. The summed E-state index contributed by atoms with van der Waals surface area (Å²) in [5, 5.41) is 0. The van der Waals surface area contributed by atoms with Crippen LogP contribution in [0.3, 0.4) is 0 Å². The van der Waals surface area contributed by atoms with Gasteiger partial charge in [0.25, 0.3) is 0 Å². The third kappa shape index (κ3) is 2.37. The van der Waals surface area contributed by atoms with Crippen LogP contribution in [0.1, 0.15) is 26.2 Å². The van der Waals surface area contributed by atoms with Crippen molar-refractivity contribution < 1.29 is 0 Å². The maximum Gasteiger partial charge on any atom is 0.149 e. The van der Waals surface area contributed by atoms with Gasteiger partial charge in [-0.15, -0.1) is 0 Å². The summed E-state index contributed by atoms with van der Waals surface area (Å²) in [4.78, 5) is 10.7. The van der Waals surface area contributed by atoms with E-state index >= 15 is 0 Å². The molecule has 0 radical (unpaired) electrons. The van der Waals surface area contributed by atoms with Crippen molar-refractivity contribution >= 4 is 11.6 Å². The van der Waals surface area contributed by atoms with Crippen LogP contribution in [0.5, 0.6) is 0 Å². The number of nitrogens with zero attached hydrogens (tertiary/aromatic N) is 3. The summed E-state index contributed by atoms with van der Waals surface area (Å²) < 4.78 is 0. The zero-order valence-electron chi connectivity index (χ0n) is 9.19. The summed E-state index contributed by atoms with van der Waals surface area (Å²) in [6, 6.07) is 0. The number of hydrogen-bond acceptors (Lipinski definition) is 4. The first kappa shape index (κ1) is 10.2. The van der Waals surface area contributed by atoms with Gasteiger partial charge in [0.2, 0.25) is 0 Å². The van der Waals surface area contributed by atoms with E-state index in [2.05, 4.69) is 21.8 Å². The quantitative estimate of drug-likeness (QED) is 0.800. The lowest BCUT2D eigenvalue weighted by Crippen LogP contribution is -2.35. The normalized spacial score (nSPS) is 21.7. The average molecular weight is 206 g/mol. The van der Waals surface area contributed by atoms with Gasteiger partial charge in [-0.1, -0.05) is 13.3 Å². The van der Waals surface area contributed by atoms with Crippen molar-refractivity contribution in [3.8, 4) is 0 Å². The molecule has 1 fully saturated rings. The van der Waals surface area contributed by atoms with Crippen LogP contribution in [0, 0.1) is 5.92 Å². The van der Waals surface area contributed by atoms with Gasteiger partial charge in [-0.05, 0) is 18.8 Å². The lowest BCUT2D eigenvalue weighted by Gasteiger charge is -2.32. The van der Waals surface area contributed by atoms with Gasteiger partial charge in [-0.25, -0.2) is 4.98 Å². The van der Waals surface area contributed by atoms with E-state index in [9.17, 15) is 0 Å². The third-order valence-electron chi connectivity index (χ3n) is 3.06. The van der Waals surface area contributed by atoms with Gasteiger partial charge in [-0.3, -0.25) is 4.98 Å². The van der Waals surface area contributed by atoms with E-state index in [0.29, 0.717) is 5.82 Å². The first-order chi connectivity index (χ1) is 7.29. The van der Waals surface area contributed by atoms with Crippen molar-refractivity contribution in [2.24, 2.45) is 5.92 Å². The smallest absolute Gasteiger partial charge is 0.149 e. The molecule has 1 atom stereocenters. The summed E-state index contributed by atoms with van der Waals surface area (Å²) in [6.45, 7) is 4.42.